The molecule has 3 aromatic heterocycles. The van der Waals surface area contributed by atoms with Crippen LogP contribution in [0, 0.1) is 11.7 Å². The van der Waals surface area contributed by atoms with E-state index in [2.05, 4.69) is 23.3 Å². The molecule has 5 rings (SSSR count). The Morgan fingerprint density at radius 3 is 2.59 bits per heavy atom. The highest BCUT2D eigenvalue weighted by Crippen LogP contribution is 2.37. The van der Waals surface area contributed by atoms with Gasteiger partial charge in [-0.25, -0.2) is 13.9 Å². The van der Waals surface area contributed by atoms with Gasteiger partial charge in [0.2, 0.25) is 0 Å². The van der Waals surface area contributed by atoms with Gasteiger partial charge in [-0.2, -0.15) is 5.10 Å². The summed E-state index contributed by atoms with van der Waals surface area (Å²) >= 11 is 0. The first-order valence-electron chi connectivity index (χ1n) is 9.16. The third-order valence-corrected chi connectivity index (χ3v) is 5.10. The van der Waals surface area contributed by atoms with Crippen LogP contribution in [0.2, 0.25) is 0 Å². The molecule has 0 unspecified atom stereocenters. The van der Waals surface area contributed by atoms with Crippen LogP contribution < -0.4 is 5.73 Å². The van der Waals surface area contributed by atoms with Crippen molar-refractivity contribution in [2.24, 2.45) is 5.92 Å². The van der Waals surface area contributed by atoms with Crippen LogP contribution >= 0.6 is 0 Å². The third-order valence-electron chi connectivity index (χ3n) is 5.10. The molecule has 0 radical (unpaired) electrons. The predicted molar refractivity (Wildman–Crippen MR) is 105 cm³/mol. The summed E-state index contributed by atoms with van der Waals surface area (Å²) in [6.07, 6.45) is 7.54. The van der Waals surface area contributed by atoms with Gasteiger partial charge in [-0.3, -0.25) is 0 Å². The molecule has 0 bridgehead atoms. The molecule has 134 valence electrons. The van der Waals surface area contributed by atoms with E-state index in [0.29, 0.717) is 5.82 Å². The molecule has 1 aliphatic carbocycles. The lowest BCUT2D eigenvalue weighted by Crippen LogP contribution is -1.93. The lowest BCUT2D eigenvalue weighted by molar-refractivity contribution is 0.628. The highest BCUT2D eigenvalue weighted by Gasteiger charge is 2.22. The molecule has 27 heavy (non-hydrogen) atoms. The smallest absolute Gasteiger partial charge is 0.123 e. The lowest BCUT2D eigenvalue weighted by atomic mass is 10.00. The number of nitrogen functional groups attached to an aromatic ring is 1. The molecule has 4 nitrogen and oxygen atoms in total. The summed E-state index contributed by atoms with van der Waals surface area (Å²) in [6.45, 7) is 0. The molecule has 0 aliphatic heterocycles. The molecule has 3 heterocycles. The van der Waals surface area contributed by atoms with E-state index in [1.165, 1.54) is 30.5 Å². The number of anilines is 1. The average Bonchev–Trinajstić information content (AvgIpc) is 3.39. The predicted octanol–water partition coefficient (Wildman–Crippen LogP) is 4.74. The van der Waals surface area contributed by atoms with E-state index in [1.807, 2.05) is 16.6 Å². The molecule has 1 aliphatic rings. The molecule has 5 heteroatoms. The van der Waals surface area contributed by atoms with Gasteiger partial charge in [0, 0.05) is 23.5 Å². The van der Waals surface area contributed by atoms with Crippen molar-refractivity contribution in [1.29, 1.82) is 0 Å². The van der Waals surface area contributed by atoms with Gasteiger partial charge < -0.3 is 5.73 Å². The zero-order valence-electron chi connectivity index (χ0n) is 14.8. The van der Waals surface area contributed by atoms with Gasteiger partial charge in [-0.05, 0) is 78.8 Å². The number of aromatic nitrogens is 3. The quantitative estimate of drug-likeness (QED) is 0.573. The molecule has 1 fully saturated rings. The highest BCUT2D eigenvalue weighted by molar-refractivity contribution is 5.92. The summed E-state index contributed by atoms with van der Waals surface area (Å²) in [7, 11) is 0. The van der Waals surface area contributed by atoms with Gasteiger partial charge in [0.15, 0.2) is 0 Å². The maximum absolute atomic E-state index is 13.4. The van der Waals surface area contributed by atoms with E-state index >= 15 is 0 Å². The lowest BCUT2D eigenvalue weighted by Gasteiger charge is -2.05. The standard InChI is InChI=1S/C22H19FN4/c23-18-6-4-16(5-7-18)22-21(17-9-10-25-20(24)12-17)19-8-3-15(11-14-1-2-14)13-27(19)26-22/h3-10,12-14H,1-2,11H2,(H2,24,25). The van der Waals surface area contributed by atoms with E-state index < -0.39 is 0 Å². The van der Waals surface area contributed by atoms with Crippen molar-refractivity contribution in [2.75, 3.05) is 5.73 Å². The van der Waals surface area contributed by atoms with Crippen molar-refractivity contribution >= 4 is 11.3 Å². The highest BCUT2D eigenvalue weighted by atomic mass is 19.1. The Balaban J connectivity index is 1.72. The largest absolute Gasteiger partial charge is 0.384 e. The van der Waals surface area contributed by atoms with Gasteiger partial charge >= 0.3 is 0 Å². The Kier molecular flexibility index (Phi) is 3.67. The fraction of sp³-hybridized carbons (Fsp3) is 0.182. The van der Waals surface area contributed by atoms with Gasteiger partial charge in [-0.15, -0.1) is 0 Å². The molecule has 0 spiro atoms. The Labute approximate surface area is 156 Å². The third kappa shape index (κ3) is 3.05. The van der Waals surface area contributed by atoms with E-state index in [0.717, 1.165) is 40.2 Å². The molecular formula is C22H19FN4. The monoisotopic (exact) mass is 358 g/mol. The zero-order valence-corrected chi connectivity index (χ0v) is 14.8. The molecule has 0 atom stereocenters. The second-order valence-electron chi connectivity index (χ2n) is 7.21. The average molecular weight is 358 g/mol. The van der Waals surface area contributed by atoms with E-state index in [4.69, 9.17) is 10.8 Å². The summed E-state index contributed by atoms with van der Waals surface area (Å²) in [5, 5.41) is 4.84. The fourth-order valence-electron chi connectivity index (χ4n) is 3.57. The maximum Gasteiger partial charge on any atom is 0.123 e. The van der Waals surface area contributed by atoms with Crippen molar-refractivity contribution in [2.45, 2.75) is 19.3 Å². The van der Waals surface area contributed by atoms with Crippen molar-refractivity contribution in [3.05, 3.63) is 72.3 Å². The summed E-state index contributed by atoms with van der Waals surface area (Å²) in [5.74, 6) is 1.01. The van der Waals surface area contributed by atoms with Gasteiger partial charge in [0.1, 0.15) is 17.3 Å². The number of rotatable bonds is 4. The van der Waals surface area contributed by atoms with Crippen LogP contribution in [0.15, 0.2) is 60.9 Å². The molecule has 4 aromatic rings. The number of benzene rings is 1. The first-order chi connectivity index (χ1) is 13.2. The Bertz CT molecular complexity index is 1130. The molecule has 0 saturated heterocycles. The van der Waals surface area contributed by atoms with Crippen LogP contribution in [0.3, 0.4) is 0 Å². The molecule has 0 amide bonds. The first-order valence-corrected chi connectivity index (χ1v) is 9.16. The molecule has 1 saturated carbocycles. The Hall–Kier alpha value is -3.21. The van der Waals surface area contributed by atoms with Gasteiger partial charge in [-0.1, -0.05) is 6.07 Å². The number of nitrogens with zero attached hydrogens (tertiary/aromatic N) is 3. The van der Waals surface area contributed by atoms with E-state index in [9.17, 15) is 4.39 Å². The van der Waals surface area contributed by atoms with Crippen LogP contribution in [0.4, 0.5) is 10.2 Å². The van der Waals surface area contributed by atoms with Crippen molar-refractivity contribution < 1.29 is 4.39 Å². The molecule has 1 aromatic carbocycles. The topological polar surface area (TPSA) is 56.2 Å². The maximum atomic E-state index is 13.4. The van der Waals surface area contributed by atoms with Gasteiger partial charge in [0.05, 0.1) is 5.52 Å². The normalized spacial score (nSPS) is 14.0. The minimum Gasteiger partial charge on any atom is -0.384 e. The Morgan fingerprint density at radius 2 is 1.85 bits per heavy atom. The van der Waals surface area contributed by atoms with Crippen LogP contribution in [0.5, 0.6) is 0 Å². The number of nitrogens with two attached hydrogens (primary N) is 1. The molecular weight excluding hydrogens is 339 g/mol. The second kappa shape index (κ2) is 6.20. The van der Waals surface area contributed by atoms with Crippen LogP contribution in [-0.2, 0) is 6.42 Å². The minimum atomic E-state index is -0.260. The molecule has 2 N–H and O–H groups in total. The van der Waals surface area contributed by atoms with Crippen LogP contribution in [-0.4, -0.2) is 14.6 Å². The summed E-state index contributed by atoms with van der Waals surface area (Å²) in [4.78, 5) is 4.10. The number of hydrogen-bond acceptors (Lipinski definition) is 3. The number of fused-ring (bicyclic) bond motifs is 1. The van der Waals surface area contributed by atoms with E-state index in [1.54, 1.807) is 18.3 Å². The minimum absolute atomic E-state index is 0.260. The fourth-order valence-corrected chi connectivity index (χ4v) is 3.57. The summed E-state index contributed by atoms with van der Waals surface area (Å²) in [6, 6.07) is 14.5. The van der Waals surface area contributed by atoms with Crippen molar-refractivity contribution in [1.82, 2.24) is 14.6 Å². The number of hydrogen-bond donors (Lipinski definition) is 1. The van der Waals surface area contributed by atoms with Crippen molar-refractivity contribution in [3.63, 3.8) is 0 Å². The SMILES string of the molecule is Nc1cc(-c2c(-c3ccc(F)cc3)nn3cc(CC4CC4)ccc23)ccn1. The second-order valence-corrected chi connectivity index (χ2v) is 7.21. The number of pyridine rings is 2. The zero-order chi connectivity index (χ0) is 18.4. The van der Waals surface area contributed by atoms with E-state index in [-0.39, 0.29) is 5.82 Å². The Morgan fingerprint density at radius 1 is 1.04 bits per heavy atom. The first kappa shape index (κ1) is 16.0. The van der Waals surface area contributed by atoms with Crippen molar-refractivity contribution in [3.8, 4) is 22.4 Å². The van der Waals surface area contributed by atoms with Crippen LogP contribution in [0.1, 0.15) is 18.4 Å². The summed E-state index contributed by atoms with van der Waals surface area (Å²) < 4.78 is 15.3. The van der Waals surface area contributed by atoms with Gasteiger partial charge in [0.25, 0.3) is 0 Å². The number of halogens is 1. The summed E-state index contributed by atoms with van der Waals surface area (Å²) in [5.41, 5.74) is 11.8. The van der Waals surface area contributed by atoms with Crippen LogP contribution in [0.25, 0.3) is 27.9 Å².